The zero-order chi connectivity index (χ0) is 25.1. The van der Waals surface area contributed by atoms with Gasteiger partial charge in [-0.25, -0.2) is 0 Å². The summed E-state index contributed by atoms with van der Waals surface area (Å²) < 4.78 is 9.23. The molecule has 0 spiro atoms. The van der Waals surface area contributed by atoms with Gasteiger partial charge in [0, 0.05) is 31.6 Å². The molecule has 1 saturated heterocycles. The van der Waals surface area contributed by atoms with Gasteiger partial charge in [0.25, 0.3) is 17.1 Å². The van der Waals surface area contributed by atoms with Crippen LogP contribution in [-0.4, -0.2) is 52.2 Å². The van der Waals surface area contributed by atoms with Crippen LogP contribution in [0.25, 0.3) is 16.7 Å². The molecule has 0 unspecified atom stereocenters. The van der Waals surface area contributed by atoms with Crippen molar-refractivity contribution in [1.82, 2.24) is 24.8 Å². The molecular formula is C28H37N6O2+. The Labute approximate surface area is 211 Å². The third-order valence-corrected chi connectivity index (χ3v) is 7.33. The molecule has 1 fully saturated rings. The Morgan fingerprint density at radius 3 is 2.67 bits per heavy atom. The molecule has 4 heterocycles. The summed E-state index contributed by atoms with van der Waals surface area (Å²) in [6, 6.07) is 15.0. The molecule has 0 amide bonds. The van der Waals surface area contributed by atoms with Crippen LogP contribution < -0.4 is 20.0 Å². The number of aromatic nitrogens is 4. The number of hydrogen-bond acceptors (Lipinski definition) is 5. The Bertz CT molecular complexity index is 1390. The van der Waals surface area contributed by atoms with Crippen molar-refractivity contribution in [3.63, 3.8) is 0 Å². The molecule has 1 aliphatic heterocycles. The van der Waals surface area contributed by atoms with Crippen molar-refractivity contribution in [2.45, 2.75) is 58.7 Å². The summed E-state index contributed by atoms with van der Waals surface area (Å²) in [5.41, 5.74) is 4.53. The van der Waals surface area contributed by atoms with Gasteiger partial charge in [-0.1, -0.05) is 42.2 Å². The first-order valence-electron chi connectivity index (χ1n) is 13.1. The van der Waals surface area contributed by atoms with Gasteiger partial charge in [-0.15, -0.1) is 0 Å². The van der Waals surface area contributed by atoms with Gasteiger partial charge in [0.1, 0.15) is 11.2 Å². The van der Waals surface area contributed by atoms with Crippen LogP contribution in [0.1, 0.15) is 43.3 Å². The number of likely N-dealkylation sites (tertiary alicyclic amines) is 1. The molecule has 190 valence electrons. The number of rotatable bonds is 9. The summed E-state index contributed by atoms with van der Waals surface area (Å²) >= 11 is 0. The number of aryl methyl sites for hydroxylation is 3. The first-order valence-corrected chi connectivity index (χ1v) is 13.1. The third-order valence-electron chi connectivity index (χ3n) is 7.33. The molecular weight excluding hydrogens is 452 g/mol. The third kappa shape index (κ3) is 4.88. The Morgan fingerprint density at radius 2 is 1.94 bits per heavy atom. The molecule has 8 heteroatoms. The van der Waals surface area contributed by atoms with Gasteiger partial charge in [0.15, 0.2) is 0 Å². The molecule has 1 aliphatic rings. The number of nitrogens with zero attached hydrogens (tertiary/aromatic N) is 4. The average molecular weight is 490 g/mol. The average Bonchev–Trinajstić information content (AvgIpc) is 3.26. The molecule has 2 N–H and O–H groups in total. The maximum atomic E-state index is 13.6. The number of fused-ring (bicyclic) bond motifs is 3. The summed E-state index contributed by atoms with van der Waals surface area (Å²) in [4.78, 5) is 24.2. The SMILES string of the molecule is CCc1[nH]c(C)c2c(=O)n(CCCNC3CCN(Cc4ccccc4)CC3)c3ccc(OC)nc3[n+]12. The van der Waals surface area contributed by atoms with Gasteiger partial charge < -0.3 is 10.1 Å². The fourth-order valence-corrected chi connectivity index (χ4v) is 5.42. The van der Waals surface area contributed by atoms with Gasteiger partial charge in [0.05, 0.1) is 7.11 Å². The lowest BCUT2D eigenvalue weighted by atomic mass is 10.0. The number of H-pyrrole nitrogens is 1. The van der Waals surface area contributed by atoms with Crippen molar-refractivity contribution in [2.75, 3.05) is 26.7 Å². The lowest BCUT2D eigenvalue weighted by molar-refractivity contribution is -0.495. The van der Waals surface area contributed by atoms with Crippen molar-refractivity contribution >= 4 is 16.7 Å². The van der Waals surface area contributed by atoms with Crippen molar-refractivity contribution in [2.24, 2.45) is 0 Å². The largest absolute Gasteiger partial charge is 0.469 e. The smallest absolute Gasteiger partial charge is 0.296 e. The highest BCUT2D eigenvalue weighted by Gasteiger charge is 2.24. The van der Waals surface area contributed by atoms with Crippen molar-refractivity contribution in [3.05, 3.63) is 69.9 Å². The van der Waals surface area contributed by atoms with Crippen LogP contribution in [-0.2, 0) is 19.5 Å². The second-order valence-corrected chi connectivity index (χ2v) is 9.73. The Hall–Kier alpha value is -3.23. The van der Waals surface area contributed by atoms with Crippen molar-refractivity contribution in [3.8, 4) is 5.88 Å². The van der Waals surface area contributed by atoms with Gasteiger partial charge >= 0.3 is 0 Å². The Balaban J connectivity index is 1.25. The minimum atomic E-state index is 0.0251. The maximum absolute atomic E-state index is 13.6. The fourth-order valence-electron chi connectivity index (χ4n) is 5.42. The van der Waals surface area contributed by atoms with Gasteiger partial charge in [-0.2, -0.15) is 4.40 Å². The van der Waals surface area contributed by atoms with Crippen molar-refractivity contribution in [1.29, 1.82) is 0 Å². The molecule has 5 rings (SSSR count). The predicted octanol–water partition coefficient (Wildman–Crippen LogP) is 2.99. The van der Waals surface area contributed by atoms with Crippen LogP contribution in [0.3, 0.4) is 0 Å². The summed E-state index contributed by atoms with van der Waals surface area (Å²) in [6.45, 7) is 8.82. The maximum Gasteiger partial charge on any atom is 0.296 e. The highest BCUT2D eigenvalue weighted by molar-refractivity contribution is 5.70. The van der Waals surface area contributed by atoms with E-state index in [0.717, 1.165) is 74.5 Å². The number of pyridine rings is 1. The van der Waals surface area contributed by atoms with Crippen LogP contribution in [0.4, 0.5) is 0 Å². The molecule has 8 nitrogen and oxygen atoms in total. The zero-order valence-corrected chi connectivity index (χ0v) is 21.6. The number of piperidine rings is 1. The van der Waals surface area contributed by atoms with Crippen LogP contribution in [0.2, 0.25) is 0 Å². The molecule has 0 saturated carbocycles. The molecule has 0 atom stereocenters. The fraction of sp³-hybridized carbons (Fsp3) is 0.464. The number of benzene rings is 1. The Kier molecular flexibility index (Phi) is 7.34. The monoisotopic (exact) mass is 489 g/mol. The van der Waals surface area contributed by atoms with E-state index in [1.54, 1.807) is 7.11 Å². The predicted molar refractivity (Wildman–Crippen MR) is 142 cm³/mol. The highest BCUT2D eigenvalue weighted by Crippen LogP contribution is 2.17. The number of hydrogen-bond donors (Lipinski definition) is 2. The molecule has 3 aromatic heterocycles. The van der Waals surface area contributed by atoms with Gasteiger partial charge in [0.2, 0.25) is 11.3 Å². The van der Waals surface area contributed by atoms with E-state index in [0.29, 0.717) is 24.0 Å². The van der Waals surface area contributed by atoms with E-state index in [-0.39, 0.29) is 5.56 Å². The molecule has 0 aliphatic carbocycles. The molecule has 36 heavy (non-hydrogen) atoms. The topological polar surface area (TPSA) is 79.3 Å². The van der Waals surface area contributed by atoms with Crippen molar-refractivity contribution < 1.29 is 9.14 Å². The first kappa shape index (κ1) is 24.5. The van der Waals surface area contributed by atoms with E-state index in [1.165, 1.54) is 5.56 Å². The number of ether oxygens (including phenoxy) is 1. The van der Waals surface area contributed by atoms with E-state index >= 15 is 0 Å². The molecule has 0 bridgehead atoms. The van der Waals surface area contributed by atoms with E-state index in [2.05, 4.69) is 52.5 Å². The van der Waals surface area contributed by atoms with E-state index in [1.807, 2.05) is 28.0 Å². The molecule has 0 radical (unpaired) electrons. The summed E-state index contributed by atoms with van der Waals surface area (Å²) in [7, 11) is 1.62. The number of methoxy groups -OCH3 is 1. The minimum Gasteiger partial charge on any atom is -0.469 e. The Morgan fingerprint density at radius 1 is 1.17 bits per heavy atom. The quantitative estimate of drug-likeness (QED) is 0.279. The van der Waals surface area contributed by atoms with Crippen LogP contribution in [0.15, 0.2) is 47.3 Å². The first-order chi connectivity index (χ1) is 17.6. The molecule has 1 aromatic carbocycles. The van der Waals surface area contributed by atoms with Gasteiger partial charge in [-0.3, -0.25) is 19.2 Å². The van der Waals surface area contributed by atoms with E-state index < -0.39 is 0 Å². The lowest BCUT2D eigenvalue weighted by Crippen LogP contribution is -2.42. The summed E-state index contributed by atoms with van der Waals surface area (Å²) in [5.74, 6) is 1.51. The summed E-state index contributed by atoms with van der Waals surface area (Å²) in [5, 5.41) is 3.73. The number of imidazole rings is 1. The lowest BCUT2D eigenvalue weighted by Gasteiger charge is -2.32. The van der Waals surface area contributed by atoms with E-state index in [4.69, 9.17) is 9.72 Å². The van der Waals surface area contributed by atoms with Gasteiger partial charge in [-0.05, 0) is 57.5 Å². The molecule has 4 aromatic rings. The second-order valence-electron chi connectivity index (χ2n) is 9.73. The normalized spacial score (nSPS) is 15.2. The minimum absolute atomic E-state index is 0.0251. The summed E-state index contributed by atoms with van der Waals surface area (Å²) in [6.07, 6.45) is 3.97. The van der Waals surface area contributed by atoms with Crippen LogP contribution >= 0.6 is 0 Å². The number of nitrogens with one attached hydrogen (secondary N) is 2. The highest BCUT2D eigenvalue weighted by atomic mass is 16.5. The van der Waals surface area contributed by atoms with Crippen LogP contribution in [0, 0.1) is 6.92 Å². The van der Waals surface area contributed by atoms with E-state index in [9.17, 15) is 4.79 Å². The number of aromatic amines is 1. The second kappa shape index (κ2) is 10.8. The zero-order valence-electron chi connectivity index (χ0n) is 21.6. The standard InChI is InChI=1S/C28H36N6O2/c1-4-24-30-20(2)26-28(35)33(23-11-12-25(36-3)31-27(23)34(24)26)16-8-15-29-22-13-17-32(18-14-22)19-21-9-6-5-7-10-21/h5-7,9-12,22,29H,4,8,13-19H2,1-3H3/p+1. The van der Waals surface area contributed by atoms with Crippen LogP contribution in [0.5, 0.6) is 5.88 Å².